The lowest BCUT2D eigenvalue weighted by Gasteiger charge is -2.25. The highest BCUT2D eigenvalue weighted by Gasteiger charge is 2.28. The monoisotopic (exact) mass is 483 g/mol. The molecule has 5 rings (SSSR count). The second-order valence-electron chi connectivity index (χ2n) is 9.46. The molecule has 6 heteroatoms. The van der Waals surface area contributed by atoms with Crippen LogP contribution in [-0.2, 0) is 6.54 Å². The molecule has 36 heavy (non-hydrogen) atoms. The molecule has 1 saturated carbocycles. The van der Waals surface area contributed by atoms with Crippen molar-refractivity contribution in [3.8, 4) is 23.1 Å². The second kappa shape index (κ2) is 11.0. The molecule has 1 aliphatic rings. The van der Waals surface area contributed by atoms with Crippen molar-refractivity contribution >= 4 is 0 Å². The number of nitrogens with zero attached hydrogens (tertiary/aromatic N) is 3. The van der Waals surface area contributed by atoms with E-state index in [0.29, 0.717) is 30.6 Å². The van der Waals surface area contributed by atoms with Crippen molar-refractivity contribution in [3.05, 3.63) is 102 Å². The molecule has 0 aliphatic heterocycles. The van der Waals surface area contributed by atoms with E-state index < -0.39 is 6.10 Å². The zero-order valence-electron chi connectivity index (χ0n) is 20.9. The van der Waals surface area contributed by atoms with Crippen LogP contribution in [-0.4, -0.2) is 40.0 Å². The summed E-state index contributed by atoms with van der Waals surface area (Å²) in [4.78, 5) is 2.34. The van der Waals surface area contributed by atoms with Gasteiger partial charge in [0, 0.05) is 19.6 Å². The summed E-state index contributed by atoms with van der Waals surface area (Å²) in [5.41, 5.74) is 3.81. The SMILES string of the molecule is COc1ccc(Oc2c(CN(CC3CC3)CC(O)c3ccccc3)c(C)nn2-c2ccccc2)cc1. The summed E-state index contributed by atoms with van der Waals surface area (Å²) in [6.07, 6.45) is 1.94. The summed E-state index contributed by atoms with van der Waals surface area (Å²) in [7, 11) is 1.65. The maximum Gasteiger partial charge on any atom is 0.227 e. The first-order chi connectivity index (χ1) is 17.6. The van der Waals surface area contributed by atoms with Crippen LogP contribution in [0.25, 0.3) is 5.69 Å². The van der Waals surface area contributed by atoms with Crippen molar-refractivity contribution < 1.29 is 14.6 Å². The number of aliphatic hydroxyl groups is 1. The van der Waals surface area contributed by atoms with E-state index in [1.165, 1.54) is 12.8 Å². The molecule has 0 bridgehead atoms. The van der Waals surface area contributed by atoms with Crippen molar-refractivity contribution in [3.63, 3.8) is 0 Å². The first-order valence-electron chi connectivity index (χ1n) is 12.5. The Morgan fingerprint density at radius 3 is 2.22 bits per heavy atom. The Morgan fingerprint density at radius 2 is 1.58 bits per heavy atom. The number of ether oxygens (including phenoxy) is 2. The quantitative estimate of drug-likeness (QED) is 0.287. The molecule has 0 amide bonds. The van der Waals surface area contributed by atoms with Crippen molar-refractivity contribution in [1.29, 1.82) is 0 Å². The van der Waals surface area contributed by atoms with Gasteiger partial charge >= 0.3 is 0 Å². The number of aromatic nitrogens is 2. The normalized spacial score (nSPS) is 14.1. The van der Waals surface area contributed by atoms with Gasteiger partial charge in [0.2, 0.25) is 5.88 Å². The molecule has 1 N–H and O–H groups in total. The topological polar surface area (TPSA) is 59.8 Å². The minimum atomic E-state index is -0.555. The van der Waals surface area contributed by atoms with Crippen LogP contribution in [0.4, 0.5) is 0 Å². The van der Waals surface area contributed by atoms with Crippen molar-refractivity contribution in [2.75, 3.05) is 20.2 Å². The molecule has 4 aromatic rings. The van der Waals surface area contributed by atoms with E-state index in [2.05, 4.69) is 4.90 Å². The first-order valence-corrected chi connectivity index (χ1v) is 12.5. The third-order valence-corrected chi connectivity index (χ3v) is 6.62. The smallest absolute Gasteiger partial charge is 0.227 e. The van der Waals surface area contributed by atoms with Crippen molar-refractivity contribution in [2.45, 2.75) is 32.4 Å². The molecule has 3 aromatic carbocycles. The number of hydrogen-bond acceptors (Lipinski definition) is 5. The number of methoxy groups -OCH3 is 1. The summed E-state index contributed by atoms with van der Waals surface area (Å²) in [5, 5.41) is 15.9. The zero-order valence-corrected chi connectivity index (χ0v) is 20.9. The van der Waals surface area contributed by atoms with E-state index in [0.717, 1.165) is 34.8 Å². The molecule has 1 aromatic heterocycles. The number of hydrogen-bond donors (Lipinski definition) is 1. The summed E-state index contributed by atoms with van der Waals surface area (Å²) in [6, 6.07) is 27.5. The van der Waals surface area contributed by atoms with Gasteiger partial charge in [-0.2, -0.15) is 5.10 Å². The predicted octanol–water partition coefficient (Wildman–Crippen LogP) is 5.93. The molecule has 0 saturated heterocycles. The van der Waals surface area contributed by atoms with Gasteiger partial charge in [0.1, 0.15) is 11.5 Å². The fraction of sp³-hybridized carbons (Fsp3) is 0.300. The molecule has 1 aliphatic carbocycles. The average Bonchev–Trinajstić information content (AvgIpc) is 3.69. The van der Waals surface area contributed by atoms with E-state index in [1.54, 1.807) is 7.11 Å². The third kappa shape index (κ3) is 5.78. The van der Waals surface area contributed by atoms with Gasteiger partial charge in [-0.05, 0) is 67.6 Å². The first kappa shape index (κ1) is 24.1. The maximum atomic E-state index is 11.0. The van der Waals surface area contributed by atoms with E-state index in [-0.39, 0.29) is 0 Å². The largest absolute Gasteiger partial charge is 0.497 e. The van der Waals surface area contributed by atoms with Gasteiger partial charge in [-0.15, -0.1) is 0 Å². The van der Waals surface area contributed by atoms with Crippen LogP contribution in [0.2, 0.25) is 0 Å². The molecule has 6 nitrogen and oxygen atoms in total. The fourth-order valence-electron chi connectivity index (χ4n) is 4.44. The van der Waals surface area contributed by atoms with Gasteiger partial charge in [0.15, 0.2) is 0 Å². The Kier molecular flexibility index (Phi) is 7.35. The van der Waals surface area contributed by atoms with Gasteiger partial charge in [-0.1, -0.05) is 48.5 Å². The van der Waals surface area contributed by atoms with Crippen LogP contribution >= 0.6 is 0 Å². The highest BCUT2D eigenvalue weighted by atomic mass is 16.5. The van der Waals surface area contributed by atoms with Gasteiger partial charge in [0.05, 0.1) is 30.2 Å². The maximum absolute atomic E-state index is 11.0. The molecular weight excluding hydrogens is 450 g/mol. The number of aryl methyl sites for hydroxylation is 1. The highest BCUT2D eigenvalue weighted by molar-refractivity contribution is 5.44. The molecule has 1 heterocycles. The number of para-hydroxylation sites is 1. The molecule has 1 atom stereocenters. The lowest BCUT2D eigenvalue weighted by atomic mass is 10.1. The molecule has 186 valence electrons. The Labute approximate surface area is 212 Å². The zero-order chi connectivity index (χ0) is 24.9. The third-order valence-electron chi connectivity index (χ3n) is 6.62. The number of rotatable bonds is 11. The number of aliphatic hydroxyl groups excluding tert-OH is 1. The van der Waals surface area contributed by atoms with Gasteiger partial charge < -0.3 is 14.6 Å². The van der Waals surface area contributed by atoms with E-state index in [1.807, 2.05) is 96.5 Å². The summed E-state index contributed by atoms with van der Waals surface area (Å²) in [6.45, 7) is 4.17. The van der Waals surface area contributed by atoms with Gasteiger partial charge in [-0.3, -0.25) is 4.90 Å². The molecule has 0 spiro atoms. The average molecular weight is 484 g/mol. The van der Waals surface area contributed by atoms with Crippen LogP contribution in [0, 0.1) is 12.8 Å². The van der Waals surface area contributed by atoms with Gasteiger partial charge in [-0.25, -0.2) is 4.68 Å². The Balaban J connectivity index is 1.47. The Morgan fingerprint density at radius 1 is 0.944 bits per heavy atom. The molecule has 1 unspecified atom stereocenters. The molecular formula is C30H33N3O3. The predicted molar refractivity (Wildman–Crippen MR) is 141 cm³/mol. The number of benzene rings is 3. The van der Waals surface area contributed by atoms with Crippen LogP contribution in [0.15, 0.2) is 84.9 Å². The highest BCUT2D eigenvalue weighted by Crippen LogP contribution is 2.35. The fourth-order valence-corrected chi connectivity index (χ4v) is 4.44. The molecule has 1 fully saturated rings. The van der Waals surface area contributed by atoms with E-state index >= 15 is 0 Å². The lowest BCUT2D eigenvalue weighted by molar-refractivity contribution is 0.105. The minimum absolute atomic E-state index is 0.554. The van der Waals surface area contributed by atoms with Crippen molar-refractivity contribution in [1.82, 2.24) is 14.7 Å². The standard InChI is InChI=1S/C30H33N3O3/c1-22-28(20-32(19-23-13-14-23)21-29(34)24-9-5-3-6-10-24)30(33(31-22)25-11-7-4-8-12-25)36-27-17-15-26(35-2)16-18-27/h3-12,15-18,23,29,34H,13-14,19-21H2,1-2H3. The Hall–Kier alpha value is -3.61. The van der Waals surface area contributed by atoms with Crippen molar-refractivity contribution in [2.24, 2.45) is 5.92 Å². The molecule has 0 radical (unpaired) electrons. The second-order valence-corrected chi connectivity index (χ2v) is 9.46. The lowest BCUT2D eigenvalue weighted by Crippen LogP contribution is -2.30. The Bertz CT molecular complexity index is 1250. The summed E-state index contributed by atoms with van der Waals surface area (Å²) >= 11 is 0. The van der Waals surface area contributed by atoms with Gasteiger partial charge in [0.25, 0.3) is 0 Å². The van der Waals surface area contributed by atoms with Crippen LogP contribution in [0.5, 0.6) is 17.4 Å². The van der Waals surface area contributed by atoms with Crippen LogP contribution in [0.3, 0.4) is 0 Å². The van der Waals surface area contributed by atoms with Crippen LogP contribution in [0.1, 0.15) is 35.8 Å². The minimum Gasteiger partial charge on any atom is -0.497 e. The summed E-state index contributed by atoms with van der Waals surface area (Å²) in [5.74, 6) is 2.87. The van der Waals surface area contributed by atoms with E-state index in [9.17, 15) is 5.11 Å². The summed E-state index contributed by atoms with van der Waals surface area (Å²) < 4.78 is 13.7. The van der Waals surface area contributed by atoms with E-state index in [4.69, 9.17) is 14.6 Å². The van der Waals surface area contributed by atoms with Crippen LogP contribution < -0.4 is 9.47 Å².